The topological polar surface area (TPSA) is 65.1 Å². The molecule has 2 aromatic carbocycles. The van der Waals surface area contributed by atoms with Gasteiger partial charge in [-0.25, -0.2) is 9.59 Å². The third-order valence-electron chi connectivity index (χ3n) is 5.71. The highest BCUT2D eigenvalue weighted by Crippen LogP contribution is 2.38. The fourth-order valence-electron chi connectivity index (χ4n) is 3.95. The molecule has 1 aliphatic rings. The van der Waals surface area contributed by atoms with Crippen molar-refractivity contribution >= 4 is 11.9 Å². The third-order valence-corrected chi connectivity index (χ3v) is 5.71. The maximum atomic E-state index is 13.1. The van der Waals surface area contributed by atoms with Gasteiger partial charge in [0.25, 0.3) is 0 Å². The summed E-state index contributed by atoms with van der Waals surface area (Å²) in [5, 5.41) is 0. The standard InChI is InChI=1S/C28H33NO5/c1-6-33-27(30)24-17-29(16-20-8-14-23(32-5)15-9-20)18-25(28(31)34-7-2)26(24)22-12-10-21(11-13-22)19(3)4/h8-15,17-19,26H,6-7,16H2,1-5H3. The average Bonchev–Trinajstić information content (AvgIpc) is 2.84. The number of ether oxygens (including phenoxy) is 3. The summed E-state index contributed by atoms with van der Waals surface area (Å²) >= 11 is 0. The zero-order chi connectivity index (χ0) is 24.7. The lowest BCUT2D eigenvalue weighted by atomic mass is 9.82. The van der Waals surface area contributed by atoms with Crippen molar-refractivity contribution < 1.29 is 23.8 Å². The molecule has 6 nitrogen and oxygen atoms in total. The Hall–Kier alpha value is -3.54. The summed E-state index contributed by atoms with van der Waals surface area (Å²) in [5.41, 5.74) is 3.83. The number of hydrogen-bond acceptors (Lipinski definition) is 6. The van der Waals surface area contributed by atoms with E-state index < -0.39 is 17.9 Å². The van der Waals surface area contributed by atoms with Crippen LogP contribution in [-0.4, -0.2) is 37.2 Å². The van der Waals surface area contributed by atoms with E-state index in [9.17, 15) is 9.59 Å². The smallest absolute Gasteiger partial charge is 0.336 e. The number of esters is 2. The Labute approximate surface area is 201 Å². The number of rotatable bonds is 9. The van der Waals surface area contributed by atoms with Crippen molar-refractivity contribution in [1.29, 1.82) is 0 Å². The molecule has 2 aromatic rings. The molecule has 0 bridgehead atoms. The van der Waals surface area contributed by atoms with E-state index in [1.165, 1.54) is 5.56 Å². The molecule has 1 aliphatic heterocycles. The van der Waals surface area contributed by atoms with Gasteiger partial charge in [-0.2, -0.15) is 0 Å². The molecule has 0 fully saturated rings. The average molecular weight is 464 g/mol. The van der Waals surface area contributed by atoms with E-state index in [4.69, 9.17) is 14.2 Å². The zero-order valence-electron chi connectivity index (χ0n) is 20.5. The van der Waals surface area contributed by atoms with Gasteiger partial charge in [0, 0.05) is 18.9 Å². The summed E-state index contributed by atoms with van der Waals surface area (Å²) < 4.78 is 16.0. The Kier molecular flexibility index (Phi) is 8.52. The zero-order valence-corrected chi connectivity index (χ0v) is 20.5. The first-order valence-electron chi connectivity index (χ1n) is 11.6. The molecule has 0 unspecified atom stereocenters. The van der Waals surface area contributed by atoms with Crippen LogP contribution >= 0.6 is 0 Å². The predicted molar refractivity (Wildman–Crippen MR) is 131 cm³/mol. The molecule has 0 saturated heterocycles. The second kappa shape index (κ2) is 11.5. The highest BCUT2D eigenvalue weighted by atomic mass is 16.5. The van der Waals surface area contributed by atoms with E-state index in [0.29, 0.717) is 23.6 Å². The molecule has 0 aromatic heterocycles. The number of carbonyl (C=O) groups is 2. The quantitative estimate of drug-likeness (QED) is 0.470. The highest BCUT2D eigenvalue weighted by molar-refractivity contribution is 5.98. The van der Waals surface area contributed by atoms with Crippen LogP contribution < -0.4 is 4.74 Å². The fraction of sp³-hybridized carbons (Fsp3) is 0.357. The van der Waals surface area contributed by atoms with Crippen LogP contribution in [0.4, 0.5) is 0 Å². The van der Waals surface area contributed by atoms with Crippen LogP contribution in [0.3, 0.4) is 0 Å². The van der Waals surface area contributed by atoms with E-state index in [0.717, 1.165) is 16.9 Å². The molecule has 0 radical (unpaired) electrons. The van der Waals surface area contributed by atoms with E-state index in [-0.39, 0.29) is 13.2 Å². The molecule has 34 heavy (non-hydrogen) atoms. The van der Waals surface area contributed by atoms with Crippen LogP contribution in [0.25, 0.3) is 0 Å². The van der Waals surface area contributed by atoms with Crippen molar-refractivity contribution in [3.05, 3.63) is 88.8 Å². The van der Waals surface area contributed by atoms with Gasteiger partial charge in [0.2, 0.25) is 0 Å². The van der Waals surface area contributed by atoms with Crippen LogP contribution in [0.15, 0.2) is 72.1 Å². The SMILES string of the molecule is CCOC(=O)C1=CN(Cc2ccc(OC)cc2)C=C(C(=O)OCC)C1c1ccc(C(C)C)cc1. The Morgan fingerprint density at radius 1 is 0.853 bits per heavy atom. The number of hydrogen-bond donors (Lipinski definition) is 0. The Morgan fingerprint density at radius 3 is 1.82 bits per heavy atom. The number of methoxy groups -OCH3 is 1. The molecule has 1 heterocycles. The third kappa shape index (κ3) is 5.87. The first kappa shape index (κ1) is 25.1. The molecule has 180 valence electrons. The second-order valence-corrected chi connectivity index (χ2v) is 8.38. The largest absolute Gasteiger partial charge is 0.497 e. The summed E-state index contributed by atoms with van der Waals surface area (Å²) in [6, 6.07) is 15.7. The summed E-state index contributed by atoms with van der Waals surface area (Å²) in [7, 11) is 1.62. The summed E-state index contributed by atoms with van der Waals surface area (Å²) in [4.78, 5) is 27.9. The van der Waals surface area contributed by atoms with Crippen molar-refractivity contribution in [1.82, 2.24) is 4.90 Å². The van der Waals surface area contributed by atoms with Gasteiger partial charge >= 0.3 is 11.9 Å². The van der Waals surface area contributed by atoms with E-state index in [1.807, 2.05) is 53.4 Å². The summed E-state index contributed by atoms with van der Waals surface area (Å²) in [6.07, 6.45) is 3.54. The molecule has 0 spiro atoms. The van der Waals surface area contributed by atoms with Crippen molar-refractivity contribution in [3.8, 4) is 5.75 Å². The van der Waals surface area contributed by atoms with Gasteiger partial charge in [0.1, 0.15) is 5.75 Å². The Balaban J connectivity index is 2.05. The van der Waals surface area contributed by atoms with E-state index in [2.05, 4.69) is 13.8 Å². The summed E-state index contributed by atoms with van der Waals surface area (Å²) in [6.45, 7) is 8.74. The van der Waals surface area contributed by atoms with Crippen molar-refractivity contribution in [2.45, 2.75) is 46.1 Å². The highest BCUT2D eigenvalue weighted by Gasteiger charge is 2.35. The summed E-state index contributed by atoms with van der Waals surface area (Å²) in [5.74, 6) is -0.338. The molecule has 6 heteroatoms. The van der Waals surface area contributed by atoms with Gasteiger partial charge in [-0.3, -0.25) is 0 Å². The second-order valence-electron chi connectivity index (χ2n) is 8.38. The molecule has 0 aliphatic carbocycles. The molecular formula is C28H33NO5. The van der Waals surface area contributed by atoms with E-state index >= 15 is 0 Å². The van der Waals surface area contributed by atoms with Crippen LogP contribution in [0.1, 0.15) is 56.2 Å². The van der Waals surface area contributed by atoms with Crippen molar-refractivity contribution in [2.24, 2.45) is 0 Å². The molecule has 3 rings (SSSR count). The predicted octanol–water partition coefficient (Wildman–Crippen LogP) is 5.31. The Bertz CT molecular complexity index is 1020. The van der Waals surface area contributed by atoms with Gasteiger partial charge in [-0.15, -0.1) is 0 Å². The monoisotopic (exact) mass is 463 g/mol. The molecule has 0 saturated carbocycles. The maximum absolute atomic E-state index is 13.1. The number of benzene rings is 2. The maximum Gasteiger partial charge on any atom is 0.336 e. The van der Waals surface area contributed by atoms with E-state index in [1.54, 1.807) is 33.4 Å². The fourth-order valence-corrected chi connectivity index (χ4v) is 3.95. The van der Waals surface area contributed by atoms with Gasteiger partial charge in [-0.1, -0.05) is 50.2 Å². The van der Waals surface area contributed by atoms with Gasteiger partial charge in [0.05, 0.1) is 37.4 Å². The minimum Gasteiger partial charge on any atom is -0.497 e. The molecular weight excluding hydrogens is 430 g/mol. The normalized spacial score (nSPS) is 13.9. The first-order chi connectivity index (χ1) is 16.4. The van der Waals surface area contributed by atoms with Crippen molar-refractivity contribution in [2.75, 3.05) is 20.3 Å². The van der Waals surface area contributed by atoms with Crippen molar-refractivity contribution in [3.63, 3.8) is 0 Å². The molecule has 0 N–H and O–H groups in total. The van der Waals surface area contributed by atoms with Gasteiger partial charge < -0.3 is 19.1 Å². The van der Waals surface area contributed by atoms with Gasteiger partial charge in [-0.05, 0) is 48.6 Å². The Morgan fingerprint density at radius 2 is 1.38 bits per heavy atom. The van der Waals surface area contributed by atoms with Gasteiger partial charge in [0.15, 0.2) is 0 Å². The first-order valence-corrected chi connectivity index (χ1v) is 11.6. The number of nitrogens with zero attached hydrogens (tertiary/aromatic N) is 1. The lowest BCUT2D eigenvalue weighted by Crippen LogP contribution is -2.29. The molecule has 0 amide bonds. The van der Waals surface area contributed by atoms with Crippen LogP contribution in [0.5, 0.6) is 5.75 Å². The molecule has 0 atom stereocenters. The van der Waals surface area contributed by atoms with Crippen LogP contribution in [0.2, 0.25) is 0 Å². The number of carbonyl (C=O) groups excluding carboxylic acids is 2. The lowest BCUT2D eigenvalue weighted by molar-refractivity contribution is -0.139. The lowest BCUT2D eigenvalue weighted by Gasteiger charge is -2.30. The van der Waals surface area contributed by atoms with Crippen LogP contribution in [0, 0.1) is 0 Å². The minimum absolute atomic E-state index is 0.242. The minimum atomic E-state index is -0.577. The van der Waals surface area contributed by atoms with Crippen LogP contribution in [-0.2, 0) is 25.6 Å².